The number of benzene rings is 1. The summed E-state index contributed by atoms with van der Waals surface area (Å²) >= 11 is 9.46. The molecule has 0 bridgehead atoms. The number of nitrogens with zero attached hydrogens (tertiary/aromatic N) is 1. The second-order valence-corrected chi connectivity index (χ2v) is 5.26. The monoisotopic (exact) mass is 317 g/mol. The highest BCUT2D eigenvalue weighted by Gasteiger charge is 2.26. The van der Waals surface area contributed by atoms with Crippen LogP contribution in [0.3, 0.4) is 0 Å². The summed E-state index contributed by atoms with van der Waals surface area (Å²) in [6.45, 7) is 3.75. The molecule has 1 fully saturated rings. The maximum absolute atomic E-state index is 12.3. The Kier molecular flexibility index (Phi) is 4.07. The normalized spacial score (nSPS) is 20.4. The van der Waals surface area contributed by atoms with Gasteiger partial charge >= 0.3 is 0 Å². The smallest absolute Gasteiger partial charge is 0.255 e. The molecule has 0 aromatic heterocycles. The molecule has 17 heavy (non-hydrogen) atoms. The van der Waals surface area contributed by atoms with Crippen LogP contribution in [0, 0.1) is 0 Å². The lowest BCUT2D eigenvalue weighted by atomic mass is 10.1. The maximum Gasteiger partial charge on any atom is 0.255 e. The van der Waals surface area contributed by atoms with E-state index in [4.69, 9.17) is 16.3 Å². The molecule has 1 atom stereocenters. The molecule has 1 heterocycles. The summed E-state index contributed by atoms with van der Waals surface area (Å²) in [4.78, 5) is 14.2. The third kappa shape index (κ3) is 2.64. The predicted molar refractivity (Wildman–Crippen MR) is 70.5 cm³/mol. The number of morpholine rings is 1. The number of carbonyl (C=O) groups excluding carboxylic acids is 1. The van der Waals surface area contributed by atoms with E-state index in [0.29, 0.717) is 30.3 Å². The van der Waals surface area contributed by atoms with Gasteiger partial charge in [-0.25, -0.2) is 0 Å². The molecule has 0 N–H and O–H groups in total. The lowest BCUT2D eigenvalue weighted by Gasteiger charge is -2.33. The molecule has 0 spiro atoms. The van der Waals surface area contributed by atoms with E-state index in [1.165, 1.54) is 0 Å². The first-order chi connectivity index (χ1) is 8.11. The Labute approximate surface area is 114 Å². The second-order valence-electron chi connectivity index (χ2n) is 4.02. The van der Waals surface area contributed by atoms with Crippen LogP contribution in [0.1, 0.15) is 17.3 Å². The standard InChI is InChI=1S/C12H13BrClNO2/c1-8-7-17-6-5-15(8)12(16)9-3-2-4-10(13)11(9)14/h2-4,8H,5-7H2,1H3/t8-/m1/s1. The van der Waals surface area contributed by atoms with Crippen molar-refractivity contribution in [3.63, 3.8) is 0 Å². The zero-order valence-electron chi connectivity index (χ0n) is 9.45. The number of hydrogen-bond acceptors (Lipinski definition) is 2. The molecular weight excluding hydrogens is 305 g/mol. The minimum absolute atomic E-state index is 0.0351. The third-order valence-electron chi connectivity index (χ3n) is 2.81. The largest absolute Gasteiger partial charge is 0.377 e. The average molecular weight is 319 g/mol. The SMILES string of the molecule is C[C@@H]1COCCN1C(=O)c1cccc(Br)c1Cl. The highest BCUT2D eigenvalue weighted by Crippen LogP contribution is 2.27. The van der Waals surface area contributed by atoms with Crippen LogP contribution in [0.15, 0.2) is 22.7 Å². The molecule has 0 aliphatic carbocycles. The zero-order valence-corrected chi connectivity index (χ0v) is 11.8. The van der Waals surface area contributed by atoms with Gasteiger partial charge in [-0.15, -0.1) is 0 Å². The number of hydrogen-bond donors (Lipinski definition) is 0. The first kappa shape index (κ1) is 12.9. The van der Waals surface area contributed by atoms with Crippen molar-refractivity contribution in [2.75, 3.05) is 19.8 Å². The average Bonchev–Trinajstić information content (AvgIpc) is 2.32. The highest BCUT2D eigenvalue weighted by molar-refractivity contribution is 9.10. The number of rotatable bonds is 1. The van der Waals surface area contributed by atoms with E-state index in [-0.39, 0.29) is 11.9 Å². The van der Waals surface area contributed by atoms with Gasteiger partial charge in [-0.05, 0) is 35.0 Å². The summed E-state index contributed by atoms with van der Waals surface area (Å²) in [7, 11) is 0. The van der Waals surface area contributed by atoms with Crippen molar-refractivity contribution in [2.24, 2.45) is 0 Å². The molecule has 1 aliphatic rings. The Morgan fingerprint density at radius 3 is 3.06 bits per heavy atom. The van der Waals surface area contributed by atoms with E-state index in [9.17, 15) is 4.79 Å². The Bertz CT molecular complexity index is 439. The number of ether oxygens (including phenoxy) is 1. The van der Waals surface area contributed by atoms with Gasteiger partial charge in [0.25, 0.3) is 5.91 Å². The molecule has 1 aliphatic heterocycles. The fourth-order valence-electron chi connectivity index (χ4n) is 1.85. The summed E-state index contributed by atoms with van der Waals surface area (Å²) in [6, 6.07) is 5.47. The minimum atomic E-state index is -0.0351. The minimum Gasteiger partial charge on any atom is -0.377 e. The predicted octanol–water partition coefficient (Wildman–Crippen LogP) is 2.96. The van der Waals surface area contributed by atoms with E-state index in [0.717, 1.165) is 4.47 Å². The van der Waals surface area contributed by atoms with Crippen LogP contribution in [-0.2, 0) is 4.74 Å². The Morgan fingerprint density at radius 2 is 2.35 bits per heavy atom. The molecule has 1 saturated heterocycles. The first-order valence-corrected chi connectivity index (χ1v) is 6.61. The van der Waals surface area contributed by atoms with Crippen molar-refractivity contribution in [2.45, 2.75) is 13.0 Å². The molecule has 3 nitrogen and oxygen atoms in total. The van der Waals surface area contributed by atoms with Crippen molar-refractivity contribution in [3.8, 4) is 0 Å². The molecule has 1 aromatic carbocycles. The fraction of sp³-hybridized carbons (Fsp3) is 0.417. The Balaban J connectivity index is 2.27. The van der Waals surface area contributed by atoms with Crippen LogP contribution in [0.25, 0.3) is 0 Å². The van der Waals surface area contributed by atoms with Gasteiger partial charge in [0.05, 0.1) is 29.8 Å². The number of carbonyl (C=O) groups is 1. The second kappa shape index (κ2) is 5.38. The summed E-state index contributed by atoms with van der Waals surface area (Å²) in [5.74, 6) is -0.0351. The van der Waals surface area contributed by atoms with Crippen LogP contribution in [0.5, 0.6) is 0 Å². The van der Waals surface area contributed by atoms with Gasteiger partial charge in [0.2, 0.25) is 0 Å². The maximum atomic E-state index is 12.3. The van der Waals surface area contributed by atoms with Gasteiger partial charge < -0.3 is 9.64 Å². The van der Waals surface area contributed by atoms with Gasteiger partial charge in [0, 0.05) is 11.0 Å². The first-order valence-electron chi connectivity index (χ1n) is 5.44. The van der Waals surface area contributed by atoms with Crippen LogP contribution in [0.2, 0.25) is 5.02 Å². The number of amides is 1. The van der Waals surface area contributed by atoms with Crippen molar-refractivity contribution >= 4 is 33.4 Å². The summed E-state index contributed by atoms with van der Waals surface area (Å²) in [5.41, 5.74) is 0.537. The summed E-state index contributed by atoms with van der Waals surface area (Å²) in [6.07, 6.45) is 0. The molecule has 2 rings (SSSR count). The van der Waals surface area contributed by atoms with Gasteiger partial charge in [0.15, 0.2) is 0 Å². The third-order valence-corrected chi connectivity index (χ3v) is 4.11. The Morgan fingerprint density at radius 1 is 1.59 bits per heavy atom. The van der Waals surface area contributed by atoms with Gasteiger partial charge in [-0.3, -0.25) is 4.79 Å². The van der Waals surface area contributed by atoms with E-state index < -0.39 is 0 Å². The van der Waals surface area contributed by atoms with E-state index >= 15 is 0 Å². The van der Waals surface area contributed by atoms with Crippen molar-refractivity contribution in [3.05, 3.63) is 33.3 Å². The lowest BCUT2D eigenvalue weighted by molar-refractivity contribution is 0.00360. The quantitative estimate of drug-likeness (QED) is 0.797. The highest BCUT2D eigenvalue weighted by atomic mass is 79.9. The molecule has 0 unspecified atom stereocenters. The van der Waals surface area contributed by atoms with Crippen LogP contribution >= 0.6 is 27.5 Å². The molecule has 1 aromatic rings. The van der Waals surface area contributed by atoms with Crippen molar-refractivity contribution < 1.29 is 9.53 Å². The van der Waals surface area contributed by atoms with E-state index in [2.05, 4.69) is 15.9 Å². The van der Waals surface area contributed by atoms with Crippen molar-refractivity contribution in [1.29, 1.82) is 0 Å². The van der Waals surface area contributed by atoms with Gasteiger partial charge in [-0.1, -0.05) is 17.7 Å². The topological polar surface area (TPSA) is 29.5 Å². The van der Waals surface area contributed by atoms with Gasteiger partial charge in [0.1, 0.15) is 0 Å². The van der Waals surface area contributed by atoms with Crippen molar-refractivity contribution in [1.82, 2.24) is 4.90 Å². The van der Waals surface area contributed by atoms with Gasteiger partial charge in [-0.2, -0.15) is 0 Å². The number of halogens is 2. The van der Waals surface area contributed by atoms with Crippen LogP contribution < -0.4 is 0 Å². The summed E-state index contributed by atoms with van der Waals surface area (Å²) < 4.78 is 6.06. The van der Waals surface area contributed by atoms with Crippen LogP contribution in [-0.4, -0.2) is 36.6 Å². The Hall–Kier alpha value is -0.580. The molecule has 5 heteroatoms. The van der Waals surface area contributed by atoms with E-state index in [1.54, 1.807) is 11.0 Å². The van der Waals surface area contributed by atoms with Crippen LogP contribution in [0.4, 0.5) is 0 Å². The molecule has 1 amide bonds. The lowest BCUT2D eigenvalue weighted by Crippen LogP contribution is -2.47. The van der Waals surface area contributed by atoms with E-state index in [1.807, 2.05) is 19.1 Å². The summed E-state index contributed by atoms with van der Waals surface area (Å²) in [5, 5.41) is 0.469. The molecular formula is C12H13BrClNO2. The fourth-order valence-corrected chi connectivity index (χ4v) is 2.43. The molecule has 92 valence electrons. The zero-order chi connectivity index (χ0) is 12.4. The molecule has 0 saturated carbocycles. The molecule has 0 radical (unpaired) electrons.